The lowest BCUT2D eigenvalue weighted by molar-refractivity contribution is -0.117. The van der Waals surface area contributed by atoms with E-state index < -0.39 is 59.0 Å². The summed E-state index contributed by atoms with van der Waals surface area (Å²) in [5.41, 5.74) is 7.70. The first-order valence-corrected chi connectivity index (χ1v) is 15.1. The van der Waals surface area contributed by atoms with Crippen LogP contribution in [0.25, 0.3) is 0 Å². The maximum atomic E-state index is 15.2. The maximum absolute atomic E-state index is 15.2. The lowest BCUT2D eigenvalue weighted by Crippen LogP contribution is -2.48. The van der Waals surface area contributed by atoms with E-state index in [1.165, 1.54) is 54.7 Å². The molecule has 0 radical (unpaired) electrons. The van der Waals surface area contributed by atoms with Gasteiger partial charge in [-0.15, -0.1) is 0 Å². The zero-order valence-corrected chi connectivity index (χ0v) is 26.3. The monoisotopic (exact) mass is 655 g/mol. The number of nitrogens with zero attached hydrogens (tertiary/aromatic N) is 1. The Hall–Kier alpha value is -4.30. The summed E-state index contributed by atoms with van der Waals surface area (Å²) in [4.78, 5) is 29.5. The van der Waals surface area contributed by atoms with Crippen molar-refractivity contribution < 1.29 is 37.3 Å². The van der Waals surface area contributed by atoms with Crippen molar-refractivity contribution in [3.8, 4) is 0 Å². The SMILES string of the molecule is C=C(Cc1c(F)cncc1NC(=O)C(N)C(c1ccc(F)cc1)c1ccc(F)cc1)C1CNCC(COC(=O)NCC(C)(C)CO)O1. The van der Waals surface area contributed by atoms with Crippen LogP contribution in [0.3, 0.4) is 0 Å². The second-order valence-corrected chi connectivity index (χ2v) is 12.3. The van der Waals surface area contributed by atoms with Gasteiger partial charge in [0.05, 0.1) is 30.2 Å². The largest absolute Gasteiger partial charge is 0.447 e. The summed E-state index contributed by atoms with van der Waals surface area (Å²) in [6.07, 6.45) is 0.592. The third kappa shape index (κ3) is 9.85. The molecule has 3 unspecified atom stereocenters. The molecule has 2 heterocycles. The predicted octanol–water partition coefficient (Wildman–Crippen LogP) is 3.80. The molecule has 13 heteroatoms. The fourth-order valence-corrected chi connectivity index (χ4v) is 5.03. The Morgan fingerprint density at radius 1 is 1.09 bits per heavy atom. The molecule has 1 aliphatic heterocycles. The summed E-state index contributed by atoms with van der Waals surface area (Å²) < 4.78 is 53.9. The quantitative estimate of drug-likeness (QED) is 0.175. The normalized spacial score (nSPS) is 17.2. The lowest BCUT2D eigenvalue weighted by Gasteiger charge is -2.32. The van der Waals surface area contributed by atoms with Crippen molar-refractivity contribution in [2.45, 2.75) is 44.4 Å². The first-order chi connectivity index (χ1) is 22.4. The van der Waals surface area contributed by atoms with Crippen LogP contribution < -0.4 is 21.7 Å². The summed E-state index contributed by atoms with van der Waals surface area (Å²) in [6, 6.07) is 9.72. The minimum atomic E-state index is -1.23. The molecule has 2 aromatic carbocycles. The van der Waals surface area contributed by atoms with Gasteiger partial charge in [-0.25, -0.2) is 18.0 Å². The zero-order chi connectivity index (χ0) is 34.1. The number of amides is 2. The lowest BCUT2D eigenvalue weighted by atomic mass is 9.85. The molecule has 0 spiro atoms. The summed E-state index contributed by atoms with van der Waals surface area (Å²) in [5, 5.41) is 17.8. The van der Waals surface area contributed by atoms with E-state index in [-0.39, 0.29) is 37.4 Å². The Morgan fingerprint density at radius 3 is 2.30 bits per heavy atom. The number of anilines is 1. The van der Waals surface area contributed by atoms with E-state index >= 15 is 4.39 Å². The van der Waals surface area contributed by atoms with Gasteiger partial charge in [-0.2, -0.15) is 0 Å². The molecule has 0 saturated carbocycles. The van der Waals surface area contributed by atoms with Gasteiger partial charge in [-0.1, -0.05) is 44.7 Å². The van der Waals surface area contributed by atoms with Gasteiger partial charge in [0.2, 0.25) is 5.91 Å². The van der Waals surface area contributed by atoms with Crippen molar-refractivity contribution in [2.24, 2.45) is 11.1 Å². The van der Waals surface area contributed by atoms with Crippen LogP contribution in [0.4, 0.5) is 23.7 Å². The number of hydrogen-bond donors (Lipinski definition) is 5. The molecule has 4 rings (SSSR count). The molecule has 1 fully saturated rings. The number of nitrogens with one attached hydrogen (secondary N) is 3. The first kappa shape index (κ1) is 35.6. The number of nitrogens with two attached hydrogens (primary N) is 1. The molecule has 1 aliphatic rings. The number of carbonyl (C=O) groups excluding carboxylic acids is 2. The van der Waals surface area contributed by atoms with Crippen LogP contribution in [0.2, 0.25) is 0 Å². The Balaban J connectivity index is 1.42. The van der Waals surface area contributed by atoms with Gasteiger partial charge < -0.3 is 36.3 Å². The van der Waals surface area contributed by atoms with Gasteiger partial charge >= 0.3 is 6.09 Å². The average Bonchev–Trinajstić information content (AvgIpc) is 3.06. The van der Waals surface area contributed by atoms with Crippen molar-refractivity contribution in [3.05, 3.63) is 107 Å². The number of benzene rings is 2. The molecule has 252 valence electrons. The Bertz CT molecular complexity index is 1490. The third-order valence-electron chi connectivity index (χ3n) is 7.84. The molecule has 0 aliphatic carbocycles. The third-order valence-corrected chi connectivity index (χ3v) is 7.84. The number of ether oxygens (including phenoxy) is 2. The number of aliphatic hydroxyl groups is 1. The van der Waals surface area contributed by atoms with Crippen LogP contribution in [-0.4, -0.2) is 73.2 Å². The van der Waals surface area contributed by atoms with Gasteiger partial charge in [-0.3, -0.25) is 9.78 Å². The second kappa shape index (κ2) is 16.0. The van der Waals surface area contributed by atoms with Crippen molar-refractivity contribution in [3.63, 3.8) is 0 Å². The van der Waals surface area contributed by atoms with Crippen LogP contribution in [0, 0.1) is 22.9 Å². The molecular formula is C34H40F3N5O5. The van der Waals surface area contributed by atoms with Crippen LogP contribution in [0.5, 0.6) is 0 Å². The molecule has 3 atom stereocenters. The molecule has 2 amide bonds. The molecule has 10 nitrogen and oxygen atoms in total. The Morgan fingerprint density at radius 2 is 1.70 bits per heavy atom. The number of pyridine rings is 1. The van der Waals surface area contributed by atoms with Gasteiger partial charge in [0.1, 0.15) is 30.2 Å². The molecule has 6 N–H and O–H groups in total. The van der Waals surface area contributed by atoms with Gasteiger partial charge in [-0.05, 0) is 41.0 Å². The van der Waals surface area contributed by atoms with E-state index in [4.69, 9.17) is 15.2 Å². The van der Waals surface area contributed by atoms with E-state index in [1.807, 2.05) is 0 Å². The summed E-state index contributed by atoms with van der Waals surface area (Å²) in [7, 11) is 0. The minimum absolute atomic E-state index is 0.0186. The van der Waals surface area contributed by atoms with E-state index in [0.717, 1.165) is 6.20 Å². The Labute approximate surface area is 271 Å². The summed E-state index contributed by atoms with van der Waals surface area (Å²) in [6.45, 7) is 8.56. The number of halogens is 3. The Kier molecular flexibility index (Phi) is 12.1. The van der Waals surface area contributed by atoms with Crippen molar-refractivity contribution in [1.82, 2.24) is 15.6 Å². The number of aromatic nitrogens is 1. The molecule has 3 aromatic rings. The van der Waals surface area contributed by atoms with Crippen LogP contribution in [0.1, 0.15) is 36.5 Å². The van der Waals surface area contributed by atoms with Crippen LogP contribution >= 0.6 is 0 Å². The average molecular weight is 656 g/mol. The van der Waals surface area contributed by atoms with E-state index in [2.05, 4.69) is 27.5 Å². The number of morpholine rings is 1. The van der Waals surface area contributed by atoms with Crippen LogP contribution in [0.15, 0.2) is 73.1 Å². The number of alkyl carbamates (subject to hydrolysis) is 1. The number of rotatable bonds is 13. The summed E-state index contributed by atoms with van der Waals surface area (Å²) >= 11 is 0. The van der Waals surface area contributed by atoms with Crippen molar-refractivity contribution in [1.29, 1.82) is 0 Å². The van der Waals surface area contributed by atoms with Crippen molar-refractivity contribution >= 4 is 17.7 Å². The van der Waals surface area contributed by atoms with Crippen molar-refractivity contribution in [2.75, 3.05) is 38.2 Å². The zero-order valence-electron chi connectivity index (χ0n) is 26.3. The van der Waals surface area contributed by atoms with Gasteiger partial charge in [0.25, 0.3) is 0 Å². The number of aliphatic hydroxyl groups excluding tert-OH is 1. The van der Waals surface area contributed by atoms with E-state index in [0.29, 0.717) is 29.8 Å². The minimum Gasteiger partial charge on any atom is -0.447 e. The molecule has 1 saturated heterocycles. The molecule has 0 bridgehead atoms. The fraction of sp³-hybridized carbons (Fsp3) is 0.382. The highest BCUT2D eigenvalue weighted by molar-refractivity contribution is 5.96. The topological polar surface area (TPSA) is 148 Å². The van der Waals surface area contributed by atoms with Gasteiger partial charge in [0, 0.05) is 49.6 Å². The van der Waals surface area contributed by atoms with E-state index in [9.17, 15) is 23.5 Å². The first-order valence-electron chi connectivity index (χ1n) is 15.1. The van der Waals surface area contributed by atoms with Gasteiger partial charge in [0.15, 0.2) is 0 Å². The highest BCUT2D eigenvalue weighted by Crippen LogP contribution is 2.30. The van der Waals surface area contributed by atoms with Crippen LogP contribution in [-0.2, 0) is 20.7 Å². The standard InChI is InChI=1S/C34H40F3N5O5/c1-20(29-16-39-13-25(47-29)17-46-33(45)41-18-34(2,3)19-43)12-26-27(37)14-40-15-28(26)42-32(44)31(38)30(21-4-8-23(35)9-5-21)22-6-10-24(36)11-7-22/h4-11,14-15,25,29-31,39,43H,1,12-13,16-19,38H2,2-3H3,(H,41,45)(H,42,44). The van der Waals surface area contributed by atoms with E-state index in [1.54, 1.807) is 13.8 Å². The molecule has 1 aromatic heterocycles. The second-order valence-electron chi connectivity index (χ2n) is 12.3. The molecule has 47 heavy (non-hydrogen) atoms. The fourth-order valence-electron chi connectivity index (χ4n) is 5.03. The highest BCUT2D eigenvalue weighted by Gasteiger charge is 2.30. The smallest absolute Gasteiger partial charge is 0.407 e. The highest BCUT2D eigenvalue weighted by atomic mass is 19.1. The summed E-state index contributed by atoms with van der Waals surface area (Å²) in [5.74, 6) is -3.07. The predicted molar refractivity (Wildman–Crippen MR) is 170 cm³/mol. The number of hydrogen-bond acceptors (Lipinski definition) is 8. The maximum Gasteiger partial charge on any atom is 0.407 e. The number of carbonyl (C=O) groups is 2. The molecular weight excluding hydrogens is 615 g/mol.